The number of hydrogen-bond donors (Lipinski definition) is 4. The van der Waals surface area contributed by atoms with E-state index < -0.39 is 24.8 Å². The van der Waals surface area contributed by atoms with Crippen molar-refractivity contribution < 1.29 is 30.0 Å². The molecule has 2 radical (unpaired) electrons. The van der Waals surface area contributed by atoms with Crippen LogP contribution in [0.4, 0.5) is 4.79 Å². The van der Waals surface area contributed by atoms with Gasteiger partial charge in [0, 0.05) is 36.9 Å². The van der Waals surface area contributed by atoms with Gasteiger partial charge in [-0.05, 0) is 56.7 Å². The summed E-state index contributed by atoms with van der Waals surface area (Å²) in [6.07, 6.45) is 4.33. The average Bonchev–Trinajstić information content (AvgIpc) is 3.32. The molecule has 1 spiro atoms. The lowest BCUT2D eigenvalue weighted by Crippen LogP contribution is -2.54. The molecule has 1 aliphatic carbocycles. The Balaban J connectivity index is 1.23. The number of aromatic nitrogens is 2. The van der Waals surface area contributed by atoms with Gasteiger partial charge in [-0.3, -0.25) is 0 Å². The molecule has 1 amide bonds. The second kappa shape index (κ2) is 8.12. The van der Waals surface area contributed by atoms with Crippen LogP contribution in [0.5, 0.6) is 0 Å². The lowest BCUT2D eigenvalue weighted by atomic mass is 9.64. The van der Waals surface area contributed by atoms with Gasteiger partial charge in [0.25, 0.3) is 6.41 Å². The molecule has 11 heteroatoms. The zero-order valence-electron chi connectivity index (χ0n) is 16.9. The lowest BCUT2D eigenvalue weighted by molar-refractivity contribution is -0.121. The maximum absolute atomic E-state index is 12.1. The van der Waals surface area contributed by atoms with Gasteiger partial charge in [-0.25, -0.2) is 9.48 Å². The number of piperidine rings is 1. The molecule has 2 aliphatic heterocycles. The standard InChI is InChI=1S/C19H29BN4O6/c20-19(28,29)12-30-17(27)23-8-4-18(11-23)9-14(10-18)22-6-2-13(3-7-22)15-1-5-21-24(15)16(25)26/h1,5,13-14,16,25-26,28-29H,2-4,6-12H2. The molecule has 0 unspecified atom stereocenters. The van der Waals surface area contributed by atoms with E-state index in [-0.39, 0.29) is 11.3 Å². The fourth-order valence-electron chi connectivity index (χ4n) is 5.28. The van der Waals surface area contributed by atoms with Crippen molar-refractivity contribution >= 4 is 13.9 Å². The quantitative estimate of drug-likeness (QED) is 0.363. The van der Waals surface area contributed by atoms with Crippen LogP contribution in [0.25, 0.3) is 0 Å². The molecule has 0 aromatic carbocycles. The Bertz CT molecular complexity index is 752. The number of likely N-dealkylation sites (tertiary alicyclic amines) is 2. The van der Waals surface area contributed by atoms with Crippen molar-refractivity contribution in [1.29, 1.82) is 0 Å². The first-order valence-corrected chi connectivity index (χ1v) is 10.4. The Kier molecular flexibility index (Phi) is 5.84. The summed E-state index contributed by atoms with van der Waals surface area (Å²) >= 11 is 0. The number of rotatable bonds is 5. The van der Waals surface area contributed by atoms with Crippen LogP contribution in [0.3, 0.4) is 0 Å². The van der Waals surface area contributed by atoms with Crippen LogP contribution in [0.15, 0.2) is 12.3 Å². The minimum Gasteiger partial charge on any atom is -0.445 e. The third kappa shape index (κ3) is 4.50. The molecule has 0 atom stereocenters. The van der Waals surface area contributed by atoms with Gasteiger partial charge in [0.2, 0.25) is 0 Å². The highest BCUT2D eigenvalue weighted by Crippen LogP contribution is 2.51. The van der Waals surface area contributed by atoms with Gasteiger partial charge in [0.1, 0.15) is 12.3 Å². The van der Waals surface area contributed by atoms with E-state index in [9.17, 15) is 15.0 Å². The van der Waals surface area contributed by atoms with Gasteiger partial charge in [-0.2, -0.15) is 5.10 Å². The van der Waals surface area contributed by atoms with Gasteiger partial charge in [-0.1, -0.05) is 0 Å². The normalized spacial score (nSPS) is 28.3. The second-order valence-corrected chi connectivity index (χ2v) is 9.02. The van der Waals surface area contributed by atoms with E-state index >= 15 is 0 Å². The van der Waals surface area contributed by atoms with Gasteiger partial charge in [-0.15, -0.1) is 0 Å². The van der Waals surface area contributed by atoms with Crippen LogP contribution in [0, 0.1) is 5.41 Å². The molecule has 1 aromatic heterocycles. The molecule has 3 heterocycles. The van der Waals surface area contributed by atoms with E-state index in [1.54, 1.807) is 11.1 Å². The highest BCUT2D eigenvalue weighted by atomic mass is 16.6. The Hall–Kier alpha value is -1.66. The average molecular weight is 420 g/mol. The van der Waals surface area contributed by atoms with Crippen LogP contribution in [0.2, 0.25) is 0 Å². The Morgan fingerprint density at radius 2 is 2.00 bits per heavy atom. The molecule has 3 aliphatic rings. The predicted molar refractivity (Wildman–Crippen MR) is 105 cm³/mol. The molecular formula is C19H29BN4O6. The predicted octanol–water partition coefficient (Wildman–Crippen LogP) is -0.699. The van der Waals surface area contributed by atoms with Crippen LogP contribution >= 0.6 is 0 Å². The number of amides is 1. The number of carbonyl (C=O) groups is 1. The number of hydrogen-bond acceptors (Lipinski definition) is 8. The molecule has 2 saturated heterocycles. The number of aliphatic hydroxyl groups excluding tert-OH is 1. The van der Waals surface area contributed by atoms with Crippen LogP contribution in [-0.4, -0.2) is 98.5 Å². The van der Waals surface area contributed by atoms with Crippen LogP contribution in [-0.2, 0) is 4.74 Å². The maximum atomic E-state index is 12.1. The number of carbonyl (C=O) groups excluding carboxylic acids is 1. The van der Waals surface area contributed by atoms with Gasteiger partial charge >= 0.3 is 6.09 Å². The van der Waals surface area contributed by atoms with Crippen molar-refractivity contribution in [2.24, 2.45) is 5.41 Å². The first kappa shape index (κ1) is 21.6. The third-order valence-electron chi connectivity index (χ3n) is 6.83. The molecule has 1 saturated carbocycles. The number of nitrogens with zero attached hydrogens (tertiary/aromatic N) is 4. The summed E-state index contributed by atoms with van der Waals surface area (Å²) in [7, 11) is 5.02. The minimum atomic E-state index is -2.51. The van der Waals surface area contributed by atoms with Gasteiger partial charge in [0.05, 0.1) is 0 Å². The maximum Gasteiger partial charge on any atom is 0.409 e. The zero-order chi connectivity index (χ0) is 21.5. The van der Waals surface area contributed by atoms with E-state index in [2.05, 4.69) is 10.00 Å². The lowest BCUT2D eigenvalue weighted by Gasteiger charge is -2.51. The van der Waals surface area contributed by atoms with E-state index in [4.69, 9.17) is 22.8 Å². The molecular weight excluding hydrogens is 391 g/mol. The zero-order valence-corrected chi connectivity index (χ0v) is 16.9. The van der Waals surface area contributed by atoms with Crippen molar-refractivity contribution in [2.75, 3.05) is 32.8 Å². The summed E-state index contributed by atoms with van der Waals surface area (Å²) in [5.74, 6) is 0.268. The highest BCUT2D eigenvalue weighted by molar-refractivity contribution is 6.13. The summed E-state index contributed by atoms with van der Waals surface area (Å²) in [6, 6.07) is 2.36. The molecule has 4 rings (SSSR count). The summed E-state index contributed by atoms with van der Waals surface area (Å²) in [5.41, 5.74) is -1.52. The van der Waals surface area contributed by atoms with Crippen LogP contribution < -0.4 is 0 Å². The second-order valence-electron chi connectivity index (χ2n) is 9.02. The minimum absolute atomic E-state index is 0.123. The number of ether oxygens (including phenoxy) is 1. The fraction of sp³-hybridized carbons (Fsp3) is 0.789. The highest BCUT2D eigenvalue weighted by Gasteiger charge is 2.51. The van der Waals surface area contributed by atoms with E-state index in [0.29, 0.717) is 19.1 Å². The summed E-state index contributed by atoms with van der Waals surface area (Å²) in [5, 5.41) is 41.0. The van der Waals surface area contributed by atoms with Crippen molar-refractivity contribution in [3.8, 4) is 0 Å². The monoisotopic (exact) mass is 420 g/mol. The molecule has 0 bridgehead atoms. The van der Waals surface area contributed by atoms with Crippen molar-refractivity contribution in [3.05, 3.63) is 18.0 Å². The Morgan fingerprint density at radius 3 is 2.63 bits per heavy atom. The molecule has 3 fully saturated rings. The third-order valence-corrected chi connectivity index (χ3v) is 6.83. The molecule has 4 N–H and O–H groups in total. The van der Waals surface area contributed by atoms with E-state index in [0.717, 1.165) is 50.9 Å². The van der Waals surface area contributed by atoms with E-state index in [1.807, 2.05) is 6.07 Å². The van der Waals surface area contributed by atoms with Gasteiger partial charge in [0.15, 0.2) is 7.85 Å². The Labute approximate surface area is 176 Å². The molecule has 10 nitrogen and oxygen atoms in total. The smallest absolute Gasteiger partial charge is 0.409 e. The van der Waals surface area contributed by atoms with Crippen molar-refractivity contribution in [3.63, 3.8) is 0 Å². The summed E-state index contributed by atoms with van der Waals surface area (Å²) in [4.78, 5) is 16.2. The number of aliphatic hydroxyl groups is 4. The molecule has 164 valence electrons. The summed E-state index contributed by atoms with van der Waals surface area (Å²) in [6.45, 7) is 2.49. The summed E-state index contributed by atoms with van der Waals surface area (Å²) < 4.78 is 6.15. The fourth-order valence-corrected chi connectivity index (χ4v) is 5.28. The van der Waals surface area contributed by atoms with E-state index in [1.165, 1.54) is 4.68 Å². The first-order valence-electron chi connectivity index (χ1n) is 10.4. The van der Waals surface area contributed by atoms with Crippen molar-refractivity contribution in [2.45, 2.75) is 56.2 Å². The SMILES string of the molecule is [B]C(O)(O)COC(=O)N1CCC2(CC(N3CCC(c4ccnn4C(O)O)CC3)C2)C1. The largest absolute Gasteiger partial charge is 0.445 e. The molecule has 30 heavy (non-hydrogen) atoms. The van der Waals surface area contributed by atoms with Crippen molar-refractivity contribution in [1.82, 2.24) is 19.6 Å². The Morgan fingerprint density at radius 1 is 1.30 bits per heavy atom. The molecule has 1 aromatic rings. The topological polar surface area (TPSA) is 132 Å². The van der Waals surface area contributed by atoms with Gasteiger partial charge < -0.3 is 35.0 Å². The first-order chi connectivity index (χ1) is 14.2. The van der Waals surface area contributed by atoms with Crippen LogP contribution in [0.1, 0.15) is 50.1 Å².